The number of aliphatic hydroxyl groups excluding tert-OH is 4. The SMILES string of the molecule is CCC(C)C(N)C(=O)NC(CO)C(O)C(O)C(O)C(=O)NC(CC(=O)O)c1ccccc1. The molecule has 0 saturated heterocycles. The lowest BCUT2D eigenvalue weighted by Gasteiger charge is -2.30. The number of carboxylic acid groups (broad SMARTS) is 1. The van der Waals surface area contributed by atoms with E-state index in [2.05, 4.69) is 10.6 Å². The molecule has 1 rings (SSSR count). The Labute approximate surface area is 186 Å². The molecule has 2 amide bonds. The summed E-state index contributed by atoms with van der Waals surface area (Å²) >= 11 is 0. The number of hydrogen-bond donors (Lipinski definition) is 8. The highest BCUT2D eigenvalue weighted by Crippen LogP contribution is 2.17. The lowest BCUT2D eigenvalue weighted by Crippen LogP contribution is -2.59. The van der Waals surface area contributed by atoms with Crippen molar-refractivity contribution in [2.45, 2.75) is 63.1 Å². The van der Waals surface area contributed by atoms with Crippen LogP contribution in [0.25, 0.3) is 0 Å². The highest BCUT2D eigenvalue weighted by atomic mass is 16.4. The van der Waals surface area contributed by atoms with Crippen LogP contribution in [-0.2, 0) is 14.4 Å². The summed E-state index contributed by atoms with van der Waals surface area (Å²) in [7, 11) is 0. The summed E-state index contributed by atoms with van der Waals surface area (Å²) in [6, 6.07) is 4.84. The minimum absolute atomic E-state index is 0.183. The Hall–Kier alpha value is -2.57. The minimum Gasteiger partial charge on any atom is -0.481 e. The third kappa shape index (κ3) is 7.84. The van der Waals surface area contributed by atoms with E-state index in [0.717, 1.165) is 0 Å². The number of aliphatic hydroxyl groups is 4. The second-order valence-corrected chi connectivity index (χ2v) is 7.70. The highest BCUT2D eigenvalue weighted by Gasteiger charge is 2.37. The van der Waals surface area contributed by atoms with Gasteiger partial charge in [-0.1, -0.05) is 50.6 Å². The van der Waals surface area contributed by atoms with Crippen molar-refractivity contribution in [3.63, 3.8) is 0 Å². The molecular weight excluding hydrogens is 422 g/mol. The average molecular weight is 456 g/mol. The first kappa shape index (κ1) is 27.5. The van der Waals surface area contributed by atoms with Crippen LogP contribution >= 0.6 is 0 Å². The molecular formula is C21H33N3O8. The fourth-order valence-electron chi connectivity index (χ4n) is 2.98. The Balaban J connectivity index is 2.85. The zero-order chi connectivity index (χ0) is 24.4. The van der Waals surface area contributed by atoms with Crippen molar-refractivity contribution in [1.29, 1.82) is 0 Å². The number of amides is 2. The van der Waals surface area contributed by atoms with Crippen molar-refractivity contribution in [3.05, 3.63) is 35.9 Å². The Bertz CT molecular complexity index is 748. The largest absolute Gasteiger partial charge is 0.481 e. The molecule has 0 aliphatic carbocycles. The van der Waals surface area contributed by atoms with Gasteiger partial charge in [0.05, 0.1) is 31.2 Å². The van der Waals surface area contributed by atoms with Crippen LogP contribution in [-0.4, -0.2) is 80.3 Å². The molecule has 0 saturated carbocycles. The summed E-state index contributed by atoms with van der Waals surface area (Å²) in [5.41, 5.74) is 6.27. The van der Waals surface area contributed by atoms with E-state index in [1.165, 1.54) is 0 Å². The smallest absolute Gasteiger partial charge is 0.305 e. The molecule has 180 valence electrons. The van der Waals surface area contributed by atoms with E-state index in [0.29, 0.717) is 12.0 Å². The predicted octanol–water partition coefficient (Wildman–Crippen LogP) is -1.75. The molecule has 0 aromatic heterocycles. The number of rotatable bonds is 13. The maximum absolute atomic E-state index is 12.4. The van der Waals surface area contributed by atoms with Gasteiger partial charge in [-0.15, -0.1) is 0 Å². The summed E-state index contributed by atoms with van der Waals surface area (Å²) in [6.45, 7) is 2.79. The molecule has 9 N–H and O–H groups in total. The van der Waals surface area contributed by atoms with Gasteiger partial charge in [-0.25, -0.2) is 0 Å². The summed E-state index contributed by atoms with van der Waals surface area (Å²) in [6.07, 6.45) is -6.04. The van der Waals surface area contributed by atoms with Crippen LogP contribution in [0.5, 0.6) is 0 Å². The van der Waals surface area contributed by atoms with Crippen LogP contribution < -0.4 is 16.4 Å². The molecule has 1 aromatic rings. The standard InChI is InChI=1S/C21H33N3O8/c1-3-11(2)16(22)20(31)24-14(10-25)17(28)18(29)19(30)21(32)23-13(9-15(26)27)12-7-5-4-6-8-12/h4-8,11,13-14,16-19,25,28-30H,3,9-10,22H2,1-2H3,(H,23,32)(H,24,31)(H,26,27). The fraction of sp³-hybridized carbons (Fsp3) is 0.571. The first-order chi connectivity index (χ1) is 15.0. The molecule has 0 fully saturated rings. The Morgan fingerprint density at radius 1 is 1.00 bits per heavy atom. The number of nitrogens with two attached hydrogens (primary N) is 1. The van der Waals surface area contributed by atoms with Crippen molar-refractivity contribution in [1.82, 2.24) is 10.6 Å². The van der Waals surface area contributed by atoms with Gasteiger partial charge in [0.1, 0.15) is 12.2 Å². The molecule has 0 aliphatic rings. The van der Waals surface area contributed by atoms with Gasteiger partial charge < -0.3 is 41.9 Å². The molecule has 0 radical (unpaired) electrons. The maximum atomic E-state index is 12.4. The van der Waals surface area contributed by atoms with E-state index in [-0.39, 0.29) is 5.92 Å². The highest BCUT2D eigenvalue weighted by molar-refractivity contribution is 5.83. The number of carboxylic acids is 1. The van der Waals surface area contributed by atoms with E-state index in [1.54, 1.807) is 37.3 Å². The van der Waals surface area contributed by atoms with E-state index in [4.69, 9.17) is 10.8 Å². The molecule has 1 aromatic carbocycles. The minimum atomic E-state index is -2.17. The van der Waals surface area contributed by atoms with Gasteiger partial charge in [-0.2, -0.15) is 0 Å². The summed E-state index contributed by atoms with van der Waals surface area (Å²) < 4.78 is 0. The second-order valence-electron chi connectivity index (χ2n) is 7.70. The first-order valence-electron chi connectivity index (χ1n) is 10.3. The Kier molecular flexibility index (Phi) is 11.2. The van der Waals surface area contributed by atoms with Crippen LogP contribution in [0.2, 0.25) is 0 Å². The monoisotopic (exact) mass is 455 g/mol. The lowest BCUT2D eigenvalue weighted by atomic mass is 9.97. The van der Waals surface area contributed by atoms with Crippen LogP contribution in [0, 0.1) is 5.92 Å². The van der Waals surface area contributed by atoms with E-state index < -0.39 is 67.2 Å². The topological polar surface area (TPSA) is 202 Å². The quantitative estimate of drug-likeness (QED) is 0.170. The van der Waals surface area contributed by atoms with Gasteiger partial charge in [0.2, 0.25) is 5.91 Å². The normalized spacial score (nSPS) is 17.8. The molecule has 11 heteroatoms. The van der Waals surface area contributed by atoms with Crippen LogP contribution in [0.1, 0.15) is 38.3 Å². The molecule has 0 bridgehead atoms. The van der Waals surface area contributed by atoms with E-state index in [9.17, 15) is 34.8 Å². The summed E-state index contributed by atoms with van der Waals surface area (Å²) in [4.78, 5) is 35.8. The van der Waals surface area contributed by atoms with E-state index in [1.807, 2.05) is 6.92 Å². The molecule has 0 spiro atoms. The number of hydrogen-bond acceptors (Lipinski definition) is 8. The number of benzene rings is 1. The van der Waals surface area contributed by atoms with Gasteiger partial charge in [0, 0.05) is 0 Å². The molecule has 0 heterocycles. The number of carbonyl (C=O) groups is 3. The van der Waals surface area contributed by atoms with Crippen molar-refractivity contribution < 1.29 is 39.9 Å². The van der Waals surface area contributed by atoms with Gasteiger partial charge in [-0.05, 0) is 11.5 Å². The number of aliphatic carboxylic acids is 1. The second kappa shape index (κ2) is 13.1. The van der Waals surface area contributed by atoms with Gasteiger partial charge >= 0.3 is 5.97 Å². The first-order valence-corrected chi connectivity index (χ1v) is 10.3. The van der Waals surface area contributed by atoms with Gasteiger partial charge in [0.25, 0.3) is 5.91 Å². The van der Waals surface area contributed by atoms with Gasteiger partial charge in [-0.3, -0.25) is 14.4 Å². The fourth-order valence-corrected chi connectivity index (χ4v) is 2.98. The zero-order valence-electron chi connectivity index (χ0n) is 18.1. The molecule has 0 aliphatic heterocycles. The van der Waals surface area contributed by atoms with E-state index >= 15 is 0 Å². The van der Waals surface area contributed by atoms with Gasteiger partial charge in [0.15, 0.2) is 6.10 Å². The van der Waals surface area contributed by atoms with Crippen molar-refractivity contribution >= 4 is 17.8 Å². The maximum Gasteiger partial charge on any atom is 0.305 e. The van der Waals surface area contributed by atoms with Crippen LogP contribution in [0.15, 0.2) is 30.3 Å². The van der Waals surface area contributed by atoms with Crippen LogP contribution in [0.4, 0.5) is 0 Å². The van der Waals surface area contributed by atoms with Crippen LogP contribution in [0.3, 0.4) is 0 Å². The molecule has 7 atom stereocenters. The summed E-state index contributed by atoms with van der Waals surface area (Å²) in [5, 5.41) is 54.0. The van der Waals surface area contributed by atoms with Crippen molar-refractivity contribution in [2.75, 3.05) is 6.61 Å². The molecule has 11 nitrogen and oxygen atoms in total. The summed E-state index contributed by atoms with van der Waals surface area (Å²) in [5.74, 6) is -3.19. The third-order valence-electron chi connectivity index (χ3n) is 5.34. The van der Waals surface area contributed by atoms with Crippen molar-refractivity contribution in [2.24, 2.45) is 11.7 Å². The number of carbonyl (C=O) groups excluding carboxylic acids is 2. The number of nitrogens with one attached hydrogen (secondary N) is 2. The molecule has 32 heavy (non-hydrogen) atoms. The third-order valence-corrected chi connectivity index (χ3v) is 5.34. The molecule has 7 unspecified atom stereocenters. The zero-order valence-corrected chi connectivity index (χ0v) is 18.1. The van der Waals surface area contributed by atoms with Crippen molar-refractivity contribution in [3.8, 4) is 0 Å². The average Bonchev–Trinajstić information content (AvgIpc) is 2.79. The lowest BCUT2D eigenvalue weighted by molar-refractivity contribution is -0.145. The Morgan fingerprint density at radius 3 is 2.09 bits per heavy atom. The Morgan fingerprint density at radius 2 is 1.59 bits per heavy atom. The predicted molar refractivity (Wildman–Crippen MR) is 114 cm³/mol.